The smallest absolute Gasteiger partial charge is 0.291 e. The van der Waals surface area contributed by atoms with Gasteiger partial charge in [0.25, 0.3) is 11.1 Å². The van der Waals surface area contributed by atoms with Gasteiger partial charge in [0.1, 0.15) is 0 Å². The molecule has 4 rings (SSSR count). The zero-order chi connectivity index (χ0) is 20.4. The van der Waals surface area contributed by atoms with Gasteiger partial charge in [-0.15, -0.1) is 0 Å². The fraction of sp³-hybridized carbons (Fsp3) is 0.286. The van der Waals surface area contributed by atoms with Crippen LogP contribution in [0.5, 0.6) is 0 Å². The number of nitrogens with zero attached hydrogens (tertiary/aromatic N) is 3. The zero-order valence-corrected chi connectivity index (χ0v) is 16.8. The second-order valence-electron chi connectivity index (χ2n) is 6.88. The quantitative estimate of drug-likeness (QED) is 0.728. The summed E-state index contributed by atoms with van der Waals surface area (Å²) < 4.78 is 5.99. The van der Waals surface area contributed by atoms with Crippen molar-refractivity contribution in [2.24, 2.45) is 0 Å². The predicted octanol–water partition coefficient (Wildman–Crippen LogP) is 2.95. The van der Waals surface area contributed by atoms with Gasteiger partial charge in [-0.25, -0.2) is 4.90 Å². The van der Waals surface area contributed by atoms with Gasteiger partial charge in [-0.3, -0.25) is 14.4 Å². The molecule has 1 unspecified atom stereocenters. The lowest BCUT2D eigenvalue weighted by Gasteiger charge is -2.36. The molecule has 2 heterocycles. The van der Waals surface area contributed by atoms with Gasteiger partial charge in [-0.1, -0.05) is 54.2 Å². The molecule has 0 bridgehead atoms. The lowest BCUT2D eigenvalue weighted by molar-refractivity contribution is -0.136. The fourth-order valence-electron chi connectivity index (χ4n) is 3.53. The van der Waals surface area contributed by atoms with E-state index in [1.54, 1.807) is 4.90 Å². The number of hydrogen-bond donors (Lipinski definition) is 0. The second-order valence-corrected chi connectivity index (χ2v) is 7.80. The summed E-state index contributed by atoms with van der Waals surface area (Å²) in [4.78, 5) is 42.1. The molecule has 1 atom stereocenters. The summed E-state index contributed by atoms with van der Waals surface area (Å²) in [5.74, 6) is -0.198. The van der Waals surface area contributed by atoms with Crippen LogP contribution in [0, 0.1) is 0 Å². The number of para-hydroxylation sites is 1. The topological polar surface area (TPSA) is 70.2 Å². The minimum atomic E-state index is -0.795. The van der Waals surface area contributed by atoms with Crippen LogP contribution in [-0.2, 0) is 9.53 Å². The number of ether oxygens (including phenoxy) is 1. The molecule has 2 aromatic carbocycles. The number of hydrogen-bond acceptors (Lipinski definition) is 6. The first-order chi connectivity index (χ1) is 14.1. The highest BCUT2D eigenvalue weighted by molar-refractivity contribution is 8.14. The van der Waals surface area contributed by atoms with Crippen molar-refractivity contribution in [3.05, 3.63) is 65.7 Å². The first-order valence-electron chi connectivity index (χ1n) is 9.31. The predicted molar refractivity (Wildman–Crippen MR) is 111 cm³/mol. The Hall–Kier alpha value is -2.84. The highest BCUT2D eigenvalue weighted by Gasteiger charge is 2.37. The molecule has 1 saturated heterocycles. The average molecular weight is 411 g/mol. The van der Waals surface area contributed by atoms with E-state index in [0.29, 0.717) is 18.8 Å². The maximum absolute atomic E-state index is 12.8. The zero-order valence-electron chi connectivity index (χ0n) is 16.0. The largest absolute Gasteiger partial charge is 0.356 e. The standard InChI is InChI=1S/C21H21N3O4S/c1-22-14-23(19(26)16-9-5-6-10-17(16)22)11-12-28-20(15-7-3-2-4-8-15)24-18(25)13-29-21(24)27/h2-10,20H,11-14H2,1H3. The van der Waals surface area contributed by atoms with E-state index >= 15 is 0 Å². The fourth-order valence-corrected chi connectivity index (χ4v) is 4.25. The lowest BCUT2D eigenvalue weighted by atomic mass is 10.1. The summed E-state index contributed by atoms with van der Waals surface area (Å²) in [5.41, 5.74) is 2.29. The van der Waals surface area contributed by atoms with Gasteiger partial charge in [0, 0.05) is 19.2 Å². The van der Waals surface area contributed by atoms with Gasteiger partial charge in [-0.05, 0) is 12.1 Å². The maximum atomic E-state index is 12.8. The Morgan fingerprint density at radius 1 is 1.03 bits per heavy atom. The molecule has 8 heteroatoms. The molecule has 3 amide bonds. The minimum absolute atomic E-state index is 0.0533. The number of carbonyl (C=O) groups is 3. The van der Waals surface area contributed by atoms with Gasteiger partial charge in [0.05, 0.1) is 30.3 Å². The van der Waals surface area contributed by atoms with Crippen LogP contribution in [-0.4, -0.2) is 59.5 Å². The van der Waals surface area contributed by atoms with E-state index in [-0.39, 0.29) is 29.4 Å². The molecule has 150 valence electrons. The average Bonchev–Trinajstić information content (AvgIpc) is 3.08. The second kappa shape index (κ2) is 8.26. The Balaban J connectivity index is 1.47. The van der Waals surface area contributed by atoms with Crippen LogP contribution in [0.3, 0.4) is 0 Å². The van der Waals surface area contributed by atoms with Crippen molar-refractivity contribution in [2.45, 2.75) is 6.23 Å². The number of imide groups is 1. The van der Waals surface area contributed by atoms with Crippen LogP contribution in [0.1, 0.15) is 22.1 Å². The molecule has 0 spiro atoms. The first kappa shape index (κ1) is 19.5. The van der Waals surface area contributed by atoms with Crippen molar-refractivity contribution in [3.63, 3.8) is 0 Å². The van der Waals surface area contributed by atoms with Crippen molar-refractivity contribution < 1.29 is 19.1 Å². The Kier molecular flexibility index (Phi) is 5.55. The highest BCUT2D eigenvalue weighted by atomic mass is 32.2. The van der Waals surface area contributed by atoms with E-state index in [1.165, 1.54) is 4.90 Å². The number of anilines is 1. The summed E-state index contributed by atoms with van der Waals surface area (Å²) in [6, 6.07) is 16.7. The Labute approximate surface area is 173 Å². The van der Waals surface area contributed by atoms with E-state index in [0.717, 1.165) is 23.0 Å². The summed E-state index contributed by atoms with van der Waals surface area (Å²) in [5, 5.41) is -0.313. The first-order valence-corrected chi connectivity index (χ1v) is 10.3. The normalized spacial score (nSPS) is 17.7. The van der Waals surface area contributed by atoms with Crippen molar-refractivity contribution >= 4 is 34.5 Å². The van der Waals surface area contributed by atoms with Gasteiger partial charge < -0.3 is 14.5 Å². The van der Waals surface area contributed by atoms with Crippen LogP contribution in [0.2, 0.25) is 0 Å². The van der Waals surface area contributed by atoms with Gasteiger partial charge in [-0.2, -0.15) is 0 Å². The summed E-state index contributed by atoms with van der Waals surface area (Å²) in [6.07, 6.45) is -0.795. The molecule has 7 nitrogen and oxygen atoms in total. The highest BCUT2D eigenvalue weighted by Crippen LogP contribution is 2.31. The number of amides is 3. The Morgan fingerprint density at radius 2 is 1.76 bits per heavy atom. The van der Waals surface area contributed by atoms with Crippen LogP contribution in [0.15, 0.2) is 54.6 Å². The third kappa shape index (κ3) is 3.86. The van der Waals surface area contributed by atoms with Crippen LogP contribution < -0.4 is 4.90 Å². The molecule has 29 heavy (non-hydrogen) atoms. The van der Waals surface area contributed by atoms with Crippen molar-refractivity contribution in [1.29, 1.82) is 0 Å². The molecule has 0 aliphatic carbocycles. The summed E-state index contributed by atoms with van der Waals surface area (Å²) >= 11 is 0.977. The molecular formula is C21H21N3O4S. The molecule has 1 fully saturated rings. The lowest BCUT2D eigenvalue weighted by Crippen LogP contribution is -2.46. The Bertz CT molecular complexity index is 921. The number of rotatable bonds is 6. The number of benzene rings is 2. The molecular weight excluding hydrogens is 390 g/mol. The van der Waals surface area contributed by atoms with Gasteiger partial charge >= 0.3 is 0 Å². The third-order valence-corrected chi connectivity index (χ3v) is 5.79. The SMILES string of the molecule is CN1CN(CCOC(c2ccccc2)N2C(=O)CSC2=O)C(=O)c2ccccc21. The third-order valence-electron chi connectivity index (χ3n) is 4.96. The Morgan fingerprint density at radius 3 is 2.48 bits per heavy atom. The van der Waals surface area contributed by atoms with Gasteiger partial charge in [0.2, 0.25) is 5.91 Å². The molecule has 0 radical (unpaired) electrons. The van der Waals surface area contributed by atoms with E-state index in [4.69, 9.17) is 4.74 Å². The van der Waals surface area contributed by atoms with Gasteiger partial charge in [0.15, 0.2) is 6.23 Å². The number of carbonyl (C=O) groups excluding carboxylic acids is 3. The molecule has 2 aromatic rings. The van der Waals surface area contributed by atoms with Crippen LogP contribution >= 0.6 is 11.8 Å². The van der Waals surface area contributed by atoms with E-state index in [9.17, 15) is 14.4 Å². The maximum Gasteiger partial charge on any atom is 0.291 e. The van der Waals surface area contributed by atoms with E-state index < -0.39 is 6.23 Å². The van der Waals surface area contributed by atoms with Crippen molar-refractivity contribution in [3.8, 4) is 0 Å². The van der Waals surface area contributed by atoms with E-state index in [2.05, 4.69) is 0 Å². The van der Waals surface area contributed by atoms with Crippen molar-refractivity contribution in [2.75, 3.05) is 37.5 Å². The molecule has 0 N–H and O–H groups in total. The van der Waals surface area contributed by atoms with Crippen molar-refractivity contribution in [1.82, 2.24) is 9.80 Å². The molecule has 2 aliphatic heterocycles. The summed E-state index contributed by atoms with van der Waals surface area (Å²) in [6.45, 7) is 1.000. The van der Waals surface area contributed by atoms with E-state index in [1.807, 2.05) is 66.5 Å². The van der Waals surface area contributed by atoms with Crippen LogP contribution in [0.4, 0.5) is 10.5 Å². The molecule has 2 aliphatic rings. The summed E-state index contributed by atoms with van der Waals surface area (Å²) in [7, 11) is 1.94. The molecule has 0 aromatic heterocycles. The number of fused-ring (bicyclic) bond motifs is 1. The molecule has 0 saturated carbocycles. The number of thioether (sulfide) groups is 1. The minimum Gasteiger partial charge on any atom is -0.356 e. The van der Waals surface area contributed by atoms with Crippen LogP contribution in [0.25, 0.3) is 0 Å². The monoisotopic (exact) mass is 411 g/mol.